The number of cyclic esters (lactones) is 1. The molecule has 2 aliphatic rings. The molecule has 2 fully saturated rings. The van der Waals surface area contributed by atoms with Crippen LogP contribution in [0.2, 0.25) is 0 Å². The van der Waals surface area contributed by atoms with Crippen LogP contribution in [0.3, 0.4) is 0 Å². The third kappa shape index (κ3) is 2.47. The molecule has 2 rings (SSSR count). The Balaban J connectivity index is 1.94. The molecule has 0 aromatic carbocycles. The SMILES string of the molecule is C=CCC1CC(C2CC(CC=C)C(=O)O2)NC1=O. The Hall–Kier alpha value is -1.58. The lowest BCUT2D eigenvalue weighted by atomic mass is 9.94. The van der Waals surface area contributed by atoms with Gasteiger partial charge in [0.25, 0.3) is 0 Å². The second-order valence-electron chi connectivity index (χ2n) is 5.00. The molecule has 4 atom stereocenters. The fourth-order valence-corrected chi connectivity index (χ4v) is 2.73. The number of nitrogens with one attached hydrogen (secondary N) is 1. The van der Waals surface area contributed by atoms with E-state index in [4.69, 9.17) is 4.74 Å². The fourth-order valence-electron chi connectivity index (χ4n) is 2.73. The second-order valence-corrected chi connectivity index (χ2v) is 5.00. The minimum atomic E-state index is -0.179. The van der Waals surface area contributed by atoms with E-state index in [2.05, 4.69) is 18.5 Å². The van der Waals surface area contributed by atoms with Gasteiger partial charge in [0.2, 0.25) is 5.91 Å². The molecule has 4 unspecified atom stereocenters. The maximum Gasteiger partial charge on any atom is 0.309 e. The van der Waals surface area contributed by atoms with Crippen molar-refractivity contribution in [1.82, 2.24) is 5.32 Å². The highest BCUT2D eigenvalue weighted by atomic mass is 16.6. The Labute approximate surface area is 107 Å². The first-order valence-electron chi connectivity index (χ1n) is 6.38. The Kier molecular flexibility index (Phi) is 3.84. The number of hydrogen-bond acceptors (Lipinski definition) is 3. The first kappa shape index (κ1) is 12.9. The zero-order valence-corrected chi connectivity index (χ0v) is 10.4. The minimum absolute atomic E-state index is 0.0235. The number of carbonyl (C=O) groups excluding carboxylic acids is 2. The molecule has 2 aliphatic heterocycles. The summed E-state index contributed by atoms with van der Waals surface area (Å²) < 4.78 is 5.36. The van der Waals surface area contributed by atoms with Gasteiger partial charge >= 0.3 is 5.97 Å². The first-order chi connectivity index (χ1) is 8.65. The van der Waals surface area contributed by atoms with Crippen LogP contribution in [0.5, 0.6) is 0 Å². The van der Waals surface area contributed by atoms with Gasteiger partial charge in [-0.1, -0.05) is 12.2 Å². The van der Waals surface area contributed by atoms with E-state index in [-0.39, 0.29) is 35.9 Å². The summed E-state index contributed by atoms with van der Waals surface area (Å²) >= 11 is 0. The molecular formula is C14H19NO3. The average Bonchev–Trinajstić information content (AvgIpc) is 2.86. The number of allylic oxidation sites excluding steroid dienone is 2. The van der Waals surface area contributed by atoms with Crippen LogP contribution in [0.25, 0.3) is 0 Å². The van der Waals surface area contributed by atoms with Crippen molar-refractivity contribution in [3.8, 4) is 0 Å². The molecule has 4 nitrogen and oxygen atoms in total. The van der Waals surface area contributed by atoms with E-state index >= 15 is 0 Å². The summed E-state index contributed by atoms with van der Waals surface area (Å²) in [5.74, 6) is -0.239. The Morgan fingerprint density at radius 3 is 2.50 bits per heavy atom. The molecule has 0 radical (unpaired) electrons. The van der Waals surface area contributed by atoms with E-state index in [1.54, 1.807) is 12.2 Å². The van der Waals surface area contributed by atoms with Crippen molar-refractivity contribution in [2.75, 3.05) is 0 Å². The van der Waals surface area contributed by atoms with Crippen LogP contribution in [-0.2, 0) is 14.3 Å². The Morgan fingerprint density at radius 1 is 1.17 bits per heavy atom. The van der Waals surface area contributed by atoms with E-state index in [1.807, 2.05) is 0 Å². The normalized spacial score (nSPS) is 35.1. The quantitative estimate of drug-likeness (QED) is 0.594. The van der Waals surface area contributed by atoms with E-state index < -0.39 is 0 Å². The third-order valence-corrected chi connectivity index (χ3v) is 3.71. The highest BCUT2D eigenvalue weighted by Crippen LogP contribution is 2.31. The van der Waals surface area contributed by atoms with Crippen LogP contribution in [0.1, 0.15) is 25.7 Å². The largest absolute Gasteiger partial charge is 0.460 e. The Bertz CT molecular complexity index is 341. The monoisotopic (exact) mass is 249 g/mol. The van der Waals surface area contributed by atoms with Gasteiger partial charge in [0, 0.05) is 5.92 Å². The zero-order chi connectivity index (χ0) is 13.1. The predicted molar refractivity (Wildman–Crippen MR) is 67.7 cm³/mol. The van der Waals surface area contributed by atoms with Crippen LogP contribution in [0.15, 0.2) is 25.3 Å². The molecule has 1 N–H and O–H groups in total. The van der Waals surface area contributed by atoms with Gasteiger partial charge in [-0.05, 0) is 25.7 Å². The minimum Gasteiger partial charge on any atom is -0.460 e. The van der Waals surface area contributed by atoms with Gasteiger partial charge in [0.05, 0.1) is 12.0 Å². The molecule has 2 saturated heterocycles. The van der Waals surface area contributed by atoms with Gasteiger partial charge in [-0.3, -0.25) is 9.59 Å². The van der Waals surface area contributed by atoms with Crippen LogP contribution in [0.4, 0.5) is 0 Å². The van der Waals surface area contributed by atoms with Gasteiger partial charge < -0.3 is 10.1 Å². The average molecular weight is 249 g/mol. The number of amides is 1. The van der Waals surface area contributed by atoms with Gasteiger partial charge in [-0.15, -0.1) is 13.2 Å². The second kappa shape index (κ2) is 5.38. The third-order valence-electron chi connectivity index (χ3n) is 3.71. The number of hydrogen-bond donors (Lipinski definition) is 1. The van der Waals surface area contributed by atoms with Gasteiger partial charge in [-0.2, -0.15) is 0 Å². The summed E-state index contributed by atoms with van der Waals surface area (Å²) in [4.78, 5) is 23.3. The van der Waals surface area contributed by atoms with Crippen molar-refractivity contribution in [3.63, 3.8) is 0 Å². The summed E-state index contributed by atoms with van der Waals surface area (Å²) in [5, 5.41) is 2.92. The maximum atomic E-state index is 11.7. The lowest BCUT2D eigenvalue weighted by Crippen LogP contribution is -2.36. The number of carbonyl (C=O) groups is 2. The number of esters is 1. The summed E-state index contributed by atoms with van der Waals surface area (Å²) in [6, 6.07) is -0.0405. The zero-order valence-electron chi connectivity index (χ0n) is 10.4. The van der Waals surface area contributed by atoms with Gasteiger partial charge in [0.15, 0.2) is 0 Å². The van der Waals surface area contributed by atoms with Crippen molar-refractivity contribution < 1.29 is 14.3 Å². The van der Waals surface area contributed by atoms with Gasteiger partial charge in [-0.25, -0.2) is 0 Å². The van der Waals surface area contributed by atoms with Crippen LogP contribution >= 0.6 is 0 Å². The van der Waals surface area contributed by atoms with E-state index in [1.165, 1.54) is 0 Å². The molecule has 18 heavy (non-hydrogen) atoms. The number of ether oxygens (including phenoxy) is 1. The molecular weight excluding hydrogens is 230 g/mol. The van der Waals surface area contributed by atoms with E-state index in [0.29, 0.717) is 19.3 Å². The molecule has 0 saturated carbocycles. The van der Waals surface area contributed by atoms with Gasteiger partial charge in [0.1, 0.15) is 6.10 Å². The molecule has 0 aromatic rings. The summed E-state index contributed by atoms with van der Waals surface area (Å²) in [7, 11) is 0. The number of rotatable bonds is 5. The van der Waals surface area contributed by atoms with Crippen molar-refractivity contribution in [1.29, 1.82) is 0 Å². The lowest BCUT2D eigenvalue weighted by Gasteiger charge is -2.16. The highest BCUT2D eigenvalue weighted by Gasteiger charge is 2.43. The topological polar surface area (TPSA) is 55.4 Å². The van der Waals surface area contributed by atoms with Crippen molar-refractivity contribution in [2.24, 2.45) is 11.8 Å². The van der Waals surface area contributed by atoms with E-state index in [0.717, 1.165) is 6.42 Å². The summed E-state index contributed by atoms with van der Waals surface area (Å²) in [6.07, 6.45) is 6.04. The van der Waals surface area contributed by atoms with Crippen LogP contribution in [-0.4, -0.2) is 24.0 Å². The predicted octanol–water partition coefficient (Wildman–Crippen LogP) is 1.57. The summed E-state index contributed by atoms with van der Waals surface area (Å²) in [6.45, 7) is 7.29. The molecule has 98 valence electrons. The molecule has 4 heteroatoms. The smallest absolute Gasteiger partial charge is 0.309 e. The molecule has 0 bridgehead atoms. The van der Waals surface area contributed by atoms with Crippen molar-refractivity contribution in [3.05, 3.63) is 25.3 Å². The molecule has 1 amide bonds. The fraction of sp³-hybridized carbons (Fsp3) is 0.571. The summed E-state index contributed by atoms with van der Waals surface area (Å²) in [5.41, 5.74) is 0. The maximum absolute atomic E-state index is 11.7. The lowest BCUT2D eigenvalue weighted by molar-refractivity contribution is -0.145. The molecule has 0 aliphatic carbocycles. The molecule has 2 heterocycles. The Morgan fingerprint density at radius 2 is 1.83 bits per heavy atom. The van der Waals surface area contributed by atoms with Crippen LogP contribution < -0.4 is 5.32 Å². The standard InChI is InChI=1S/C14H19NO3/c1-3-5-9-7-11(15-13(9)16)12-8-10(6-4-2)14(17)18-12/h3-4,9-12H,1-2,5-8H2,(H,15,16). The van der Waals surface area contributed by atoms with Crippen LogP contribution in [0, 0.1) is 11.8 Å². The molecule has 0 aromatic heterocycles. The van der Waals surface area contributed by atoms with Crippen molar-refractivity contribution >= 4 is 11.9 Å². The first-order valence-corrected chi connectivity index (χ1v) is 6.38. The highest BCUT2D eigenvalue weighted by molar-refractivity contribution is 5.82. The van der Waals surface area contributed by atoms with Crippen molar-refractivity contribution in [2.45, 2.75) is 37.8 Å². The molecule has 0 spiro atoms. The van der Waals surface area contributed by atoms with E-state index in [9.17, 15) is 9.59 Å².